The van der Waals surface area contributed by atoms with Crippen LogP contribution in [0.4, 0.5) is 10.1 Å². The number of anilines is 1. The molecule has 3 aromatic rings. The zero-order valence-electron chi connectivity index (χ0n) is 20.3. The Kier molecular flexibility index (Phi) is 8.13. The van der Waals surface area contributed by atoms with Gasteiger partial charge in [-0.05, 0) is 63.9 Å². The molecule has 4 rings (SSSR count). The van der Waals surface area contributed by atoms with Crippen molar-refractivity contribution in [1.82, 2.24) is 20.2 Å². The lowest BCUT2D eigenvalue weighted by Crippen LogP contribution is -2.38. The second-order valence-electron chi connectivity index (χ2n) is 9.10. The summed E-state index contributed by atoms with van der Waals surface area (Å²) in [4.78, 5) is 24.8. The molecule has 0 bridgehead atoms. The highest BCUT2D eigenvalue weighted by Crippen LogP contribution is 2.29. The predicted octanol–water partition coefficient (Wildman–Crippen LogP) is 4.23. The Labute approximate surface area is 213 Å². The number of piperidine rings is 1. The zero-order chi connectivity index (χ0) is 25.7. The minimum Gasteiger partial charge on any atom is -0.474 e. The minimum atomic E-state index is -0.340. The van der Waals surface area contributed by atoms with Crippen LogP contribution in [-0.2, 0) is 6.54 Å². The normalized spacial score (nSPS) is 14.5. The number of thiazole rings is 1. The predicted molar refractivity (Wildman–Crippen MR) is 137 cm³/mol. The number of nitriles is 1. The van der Waals surface area contributed by atoms with Crippen molar-refractivity contribution < 1.29 is 13.9 Å². The van der Waals surface area contributed by atoms with E-state index in [0.717, 1.165) is 37.4 Å². The van der Waals surface area contributed by atoms with E-state index < -0.39 is 0 Å². The zero-order valence-corrected chi connectivity index (χ0v) is 21.1. The van der Waals surface area contributed by atoms with Gasteiger partial charge in [0.15, 0.2) is 0 Å². The summed E-state index contributed by atoms with van der Waals surface area (Å²) in [5, 5.41) is 13.0. The molecule has 0 atom stereocenters. The molecule has 2 aromatic heterocycles. The molecule has 0 saturated carbocycles. The SMILES string of the molecule is CC(C)Oc1nc(C(=O)NCC2CCN(Cc3cnc(-c4ccccc4F)s3)CC2)cc(N)c1C#N. The van der Waals surface area contributed by atoms with Crippen molar-refractivity contribution >= 4 is 22.9 Å². The van der Waals surface area contributed by atoms with Crippen LogP contribution in [0.2, 0.25) is 0 Å². The van der Waals surface area contributed by atoms with Gasteiger partial charge in [0.1, 0.15) is 28.2 Å². The summed E-state index contributed by atoms with van der Waals surface area (Å²) >= 11 is 1.52. The van der Waals surface area contributed by atoms with Gasteiger partial charge in [-0.3, -0.25) is 9.69 Å². The van der Waals surface area contributed by atoms with Crippen molar-refractivity contribution in [1.29, 1.82) is 5.26 Å². The first-order chi connectivity index (χ1) is 17.3. The largest absolute Gasteiger partial charge is 0.474 e. The molecule has 8 nitrogen and oxygen atoms in total. The van der Waals surface area contributed by atoms with E-state index in [1.54, 1.807) is 12.1 Å². The number of halogens is 1. The van der Waals surface area contributed by atoms with Crippen LogP contribution in [0.3, 0.4) is 0 Å². The third-order valence-electron chi connectivity index (χ3n) is 6.00. The lowest BCUT2D eigenvalue weighted by atomic mass is 9.96. The molecule has 0 unspecified atom stereocenters. The number of rotatable bonds is 8. The van der Waals surface area contributed by atoms with Gasteiger partial charge in [0, 0.05) is 29.7 Å². The van der Waals surface area contributed by atoms with Gasteiger partial charge < -0.3 is 15.8 Å². The Bertz CT molecular complexity index is 1260. The smallest absolute Gasteiger partial charge is 0.270 e. The van der Waals surface area contributed by atoms with E-state index in [4.69, 9.17) is 10.5 Å². The van der Waals surface area contributed by atoms with E-state index in [0.29, 0.717) is 23.0 Å². The summed E-state index contributed by atoms with van der Waals surface area (Å²) in [5.41, 5.74) is 6.93. The van der Waals surface area contributed by atoms with Crippen LogP contribution >= 0.6 is 11.3 Å². The average molecular weight is 509 g/mol. The van der Waals surface area contributed by atoms with Crippen molar-refractivity contribution in [3.8, 4) is 22.5 Å². The second kappa shape index (κ2) is 11.5. The van der Waals surface area contributed by atoms with Gasteiger partial charge >= 0.3 is 0 Å². The van der Waals surface area contributed by atoms with Gasteiger partial charge in [0.2, 0.25) is 5.88 Å². The van der Waals surface area contributed by atoms with E-state index in [9.17, 15) is 14.4 Å². The van der Waals surface area contributed by atoms with Crippen LogP contribution < -0.4 is 15.8 Å². The standard InChI is InChI=1S/C26H29FN6O2S/c1-16(2)35-25-20(12-28)22(29)11-23(32-25)24(34)30-13-17-7-9-33(10-8-17)15-18-14-31-26(36-18)19-5-3-4-6-21(19)27/h3-6,11,14,16-17H,7-10,13,15H2,1-2H3,(H2,29,32)(H,30,34). The van der Waals surface area contributed by atoms with Crippen LogP contribution in [0.15, 0.2) is 36.5 Å². The lowest BCUT2D eigenvalue weighted by molar-refractivity contribution is 0.0928. The number of nitrogen functional groups attached to an aromatic ring is 1. The Morgan fingerprint density at radius 3 is 2.81 bits per heavy atom. The molecule has 36 heavy (non-hydrogen) atoms. The Balaban J connectivity index is 1.28. The molecular weight excluding hydrogens is 479 g/mol. The van der Waals surface area contributed by atoms with Crippen LogP contribution in [0.25, 0.3) is 10.6 Å². The van der Waals surface area contributed by atoms with E-state index >= 15 is 0 Å². The van der Waals surface area contributed by atoms with Gasteiger partial charge in [-0.1, -0.05) is 12.1 Å². The monoisotopic (exact) mass is 508 g/mol. The highest BCUT2D eigenvalue weighted by molar-refractivity contribution is 7.15. The lowest BCUT2D eigenvalue weighted by Gasteiger charge is -2.31. The minimum absolute atomic E-state index is 0.0761. The maximum absolute atomic E-state index is 14.0. The summed E-state index contributed by atoms with van der Waals surface area (Å²) in [7, 11) is 0. The van der Waals surface area contributed by atoms with Crippen LogP contribution in [-0.4, -0.2) is 46.5 Å². The molecule has 0 spiro atoms. The number of nitrogens with two attached hydrogens (primary N) is 1. The highest BCUT2D eigenvalue weighted by atomic mass is 32.1. The average Bonchev–Trinajstić information content (AvgIpc) is 3.31. The Morgan fingerprint density at radius 1 is 1.36 bits per heavy atom. The molecule has 1 aliphatic rings. The van der Waals surface area contributed by atoms with Crippen LogP contribution in [0.5, 0.6) is 5.88 Å². The number of likely N-dealkylation sites (tertiary alicyclic amines) is 1. The fourth-order valence-electron chi connectivity index (χ4n) is 4.11. The summed E-state index contributed by atoms with van der Waals surface area (Å²) in [5.74, 6) is -0.175. The van der Waals surface area contributed by atoms with Gasteiger partial charge in [0.05, 0.1) is 11.8 Å². The molecule has 1 aliphatic heterocycles. The molecular formula is C26H29FN6O2S. The number of amides is 1. The maximum atomic E-state index is 14.0. The first-order valence-corrected chi connectivity index (χ1v) is 12.7. The Hall–Kier alpha value is -3.55. The Morgan fingerprint density at radius 2 is 2.11 bits per heavy atom. The van der Waals surface area contributed by atoms with Crippen molar-refractivity contribution in [3.05, 3.63) is 58.5 Å². The van der Waals surface area contributed by atoms with Crippen LogP contribution in [0, 0.1) is 23.1 Å². The number of carbonyl (C=O) groups excluding carboxylic acids is 1. The molecule has 1 aromatic carbocycles. The number of aromatic nitrogens is 2. The van der Waals surface area contributed by atoms with Crippen molar-refractivity contribution in [3.63, 3.8) is 0 Å². The number of pyridine rings is 1. The number of hydrogen-bond donors (Lipinski definition) is 2. The molecule has 0 radical (unpaired) electrons. The molecule has 3 N–H and O–H groups in total. The number of hydrogen-bond acceptors (Lipinski definition) is 8. The number of benzene rings is 1. The molecule has 10 heteroatoms. The number of nitrogens with zero attached hydrogens (tertiary/aromatic N) is 4. The molecule has 0 aliphatic carbocycles. The van der Waals surface area contributed by atoms with Gasteiger partial charge in [-0.2, -0.15) is 5.26 Å². The fourth-order valence-corrected chi connectivity index (χ4v) is 5.10. The summed E-state index contributed by atoms with van der Waals surface area (Å²) < 4.78 is 19.6. The van der Waals surface area contributed by atoms with E-state index in [1.165, 1.54) is 23.5 Å². The highest BCUT2D eigenvalue weighted by Gasteiger charge is 2.22. The van der Waals surface area contributed by atoms with Crippen molar-refractivity contribution in [2.75, 3.05) is 25.4 Å². The maximum Gasteiger partial charge on any atom is 0.270 e. The van der Waals surface area contributed by atoms with Crippen molar-refractivity contribution in [2.45, 2.75) is 39.3 Å². The van der Waals surface area contributed by atoms with Gasteiger partial charge in [-0.25, -0.2) is 14.4 Å². The molecule has 1 amide bonds. The second-order valence-corrected chi connectivity index (χ2v) is 10.2. The number of carbonyl (C=O) groups is 1. The summed E-state index contributed by atoms with van der Waals surface area (Å²) in [6, 6.07) is 10.1. The van der Waals surface area contributed by atoms with E-state index in [1.807, 2.05) is 32.2 Å². The summed E-state index contributed by atoms with van der Waals surface area (Å²) in [6.07, 6.45) is 3.52. The van der Waals surface area contributed by atoms with E-state index in [-0.39, 0.29) is 40.7 Å². The number of nitrogens with one attached hydrogen (secondary N) is 1. The number of ether oxygens (including phenoxy) is 1. The van der Waals surface area contributed by atoms with Crippen molar-refractivity contribution in [2.24, 2.45) is 5.92 Å². The van der Waals surface area contributed by atoms with Crippen LogP contribution in [0.1, 0.15) is 47.6 Å². The van der Waals surface area contributed by atoms with Gasteiger partial charge in [-0.15, -0.1) is 11.3 Å². The molecule has 188 valence electrons. The fraction of sp³-hybridized carbons (Fsp3) is 0.385. The quantitative estimate of drug-likeness (QED) is 0.468. The van der Waals surface area contributed by atoms with E-state index in [2.05, 4.69) is 20.2 Å². The van der Waals surface area contributed by atoms with Gasteiger partial charge in [0.25, 0.3) is 5.91 Å². The first kappa shape index (κ1) is 25.5. The molecule has 1 saturated heterocycles. The third kappa shape index (κ3) is 6.17. The molecule has 1 fully saturated rings. The molecule has 3 heterocycles. The first-order valence-electron chi connectivity index (χ1n) is 11.9. The topological polar surface area (TPSA) is 117 Å². The third-order valence-corrected chi connectivity index (χ3v) is 7.02. The summed E-state index contributed by atoms with van der Waals surface area (Å²) in [6.45, 7) is 6.75.